The molecule has 0 bridgehead atoms. The highest BCUT2D eigenvalue weighted by Gasteiger charge is 2.38. The fraction of sp³-hybridized carbons (Fsp3) is 0.286. The molecule has 0 atom stereocenters. The summed E-state index contributed by atoms with van der Waals surface area (Å²) in [5.74, 6) is -0.821. The first-order valence-corrected chi connectivity index (χ1v) is 8.69. The summed E-state index contributed by atoms with van der Waals surface area (Å²) in [5.41, 5.74) is 0.970. The summed E-state index contributed by atoms with van der Waals surface area (Å²) in [6, 6.07) is 16.3. The van der Waals surface area contributed by atoms with Crippen LogP contribution in [-0.2, 0) is 20.9 Å². The molecule has 0 aliphatic rings. The smallest absolute Gasteiger partial charge is 0.239 e. The van der Waals surface area contributed by atoms with E-state index in [1.165, 1.54) is 6.92 Å². The summed E-state index contributed by atoms with van der Waals surface area (Å²) in [7, 11) is 1.69. The topological polar surface area (TPSA) is 78.5 Å². The van der Waals surface area contributed by atoms with Crippen LogP contribution in [0.2, 0.25) is 0 Å². The van der Waals surface area contributed by atoms with Gasteiger partial charge in [-0.1, -0.05) is 30.3 Å². The van der Waals surface area contributed by atoms with Crippen LogP contribution >= 0.6 is 0 Å². The van der Waals surface area contributed by atoms with Crippen molar-refractivity contribution in [2.75, 3.05) is 17.7 Å². The number of benzene rings is 2. The largest absolute Gasteiger partial charge is 0.341 e. The summed E-state index contributed by atoms with van der Waals surface area (Å²) in [5, 5.41) is 5.42. The number of rotatable bonds is 6. The molecule has 27 heavy (non-hydrogen) atoms. The summed E-state index contributed by atoms with van der Waals surface area (Å²) in [4.78, 5) is 38.1. The molecule has 0 aliphatic heterocycles. The highest BCUT2D eigenvalue weighted by molar-refractivity contribution is 6.09. The molecule has 0 heterocycles. The van der Waals surface area contributed by atoms with Gasteiger partial charge in [0.1, 0.15) is 5.41 Å². The lowest BCUT2D eigenvalue weighted by Gasteiger charge is -2.28. The average Bonchev–Trinajstić information content (AvgIpc) is 2.63. The van der Waals surface area contributed by atoms with Gasteiger partial charge in [0.15, 0.2) is 0 Å². The van der Waals surface area contributed by atoms with Crippen LogP contribution in [-0.4, -0.2) is 29.7 Å². The van der Waals surface area contributed by atoms with Crippen LogP contribution < -0.4 is 10.6 Å². The third-order valence-electron chi connectivity index (χ3n) is 4.17. The van der Waals surface area contributed by atoms with Gasteiger partial charge in [-0.25, -0.2) is 0 Å². The van der Waals surface area contributed by atoms with Crippen molar-refractivity contribution >= 4 is 29.1 Å². The maximum atomic E-state index is 12.8. The molecule has 0 spiro atoms. The van der Waals surface area contributed by atoms with Gasteiger partial charge >= 0.3 is 0 Å². The zero-order chi connectivity index (χ0) is 20.0. The van der Waals surface area contributed by atoms with E-state index >= 15 is 0 Å². The summed E-state index contributed by atoms with van der Waals surface area (Å²) in [6.07, 6.45) is 0. The Morgan fingerprint density at radius 2 is 1.41 bits per heavy atom. The number of amides is 3. The van der Waals surface area contributed by atoms with Crippen molar-refractivity contribution in [2.45, 2.75) is 27.3 Å². The van der Waals surface area contributed by atoms with Crippen LogP contribution in [0.25, 0.3) is 0 Å². The molecule has 2 aromatic carbocycles. The van der Waals surface area contributed by atoms with E-state index in [4.69, 9.17) is 0 Å². The molecule has 2 rings (SSSR count). The monoisotopic (exact) mass is 367 g/mol. The van der Waals surface area contributed by atoms with Crippen molar-refractivity contribution in [3.8, 4) is 0 Å². The SMILES string of the molecule is CC(=O)Nc1ccc(NC(=O)C(C)(C)C(=O)N(C)Cc2ccccc2)cc1. The molecule has 2 aromatic rings. The average molecular weight is 367 g/mol. The van der Waals surface area contributed by atoms with Gasteiger partial charge in [-0.15, -0.1) is 0 Å². The second kappa shape index (κ2) is 8.49. The van der Waals surface area contributed by atoms with Crippen LogP contribution in [0, 0.1) is 5.41 Å². The molecule has 3 amide bonds. The Morgan fingerprint density at radius 1 is 0.889 bits per heavy atom. The predicted octanol–water partition coefficient (Wildman–Crippen LogP) is 3.27. The minimum atomic E-state index is -1.22. The number of anilines is 2. The van der Waals surface area contributed by atoms with E-state index in [-0.39, 0.29) is 17.7 Å². The second-order valence-corrected chi connectivity index (χ2v) is 6.98. The molecule has 6 nitrogen and oxygen atoms in total. The van der Waals surface area contributed by atoms with Gasteiger partial charge in [0, 0.05) is 31.9 Å². The highest BCUT2D eigenvalue weighted by atomic mass is 16.2. The van der Waals surface area contributed by atoms with E-state index in [0.29, 0.717) is 17.9 Å². The number of nitrogens with zero attached hydrogens (tertiary/aromatic N) is 1. The van der Waals surface area contributed by atoms with E-state index in [0.717, 1.165) is 5.56 Å². The van der Waals surface area contributed by atoms with Crippen molar-refractivity contribution in [3.63, 3.8) is 0 Å². The third kappa shape index (κ3) is 5.41. The molecule has 0 fully saturated rings. The molecule has 2 N–H and O–H groups in total. The predicted molar refractivity (Wildman–Crippen MR) is 106 cm³/mol. The molecular weight excluding hydrogens is 342 g/mol. The Labute approximate surface area is 159 Å². The normalized spacial score (nSPS) is 10.8. The Hall–Kier alpha value is -3.15. The van der Waals surface area contributed by atoms with E-state index in [9.17, 15) is 14.4 Å². The lowest BCUT2D eigenvalue weighted by Crippen LogP contribution is -2.45. The molecule has 6 heteroatoms. The van der Waals surface area contributed by atoms with Gasteiger partial charge in [-0.05, 0) is 43.7 Å². The Morgan fingerprint density at radius 3 is 1.93 bits per heavy atom. The highest BCUT2D eigenvalue weighted by Crippen LogP contribution is 2.23. The van der Waals surface area contributed by atoms with Crippen LogP contribution in [0.5, 0.6) is 0 Å². The lowest BCUT2D eigenvalue weighted by atomic mass is 9.90. The maximum Gasteiger partial charge on any atom is 0.239 e. The molecule has 142 valence electrons. The summed E-state index contributed by atoms with van der Waals surface area (Å²) in [6.45, 7) is 5.08. The standard InChI is InChI=1S/C21H25N3O3/c1-15(25)22-17-10-12-18(13-11-17)23-19(26)21(2,3)20(27)24(4)14-16-8-6-5-7-9-16/h5-13H,14H2,1-4H3,(H,22,25)(H,23,26). The van der Waals surface area contributed by atoms with Crippen LogP contribution in [0.4, 0.5) is 11.4 Å². The van der Waals surface area contributed by atoms with E-state index in [2.05, 4.69) is 10.6 Å². The van der Waals surface area contributed by atoms with Crippen LogP contribution in [0.3, 0.4) is 0 Å². The second-order valence-electron chi connectivity index (χ2n) is 6.98. The van der Waals surface area contributed by atoms with Crippen molar-refractivity contribution in [3.05, 3.63) is 60.2 Å². The number of nitrogens with one attached hydrogen (secondary N) is 2. The Kier molecular flexibility index (Phi) is 6.34. The van der Waals surface area contributed by atoms with Gasteiger partial charge in [0.2, 0.25) is 17.7 Å². The number of carbonyl (C=O) groups is 3. The first-order valence-electron chi connectivity index (χ1n) is 8.69. The van der Waals surface area contributed by atoms with Crippen LogP contribution in [0.15, 0.2) is 54.6 Å². The van der Waals surface area contributed by atoms with E-state index in [1.807, 2.05) is 30.3 Å². The Bertz CT molecular complexity index is 814. The minimum absolute atomic E-state index is 0.167. The lowest BCUT2D eigenvalue weighted by molar-refractivity contribution is -0.145. The van der Waals surface area contributed by atoms with Crippen molar-refractivity contribution in [1.82, 2.24) is 4.90 Å². The fourth-order valence-electron chi connectivity index (χ4n) is 2.63. The molecule has 0 unspecified atom stereocenters. The van der Waals surface area contributed by atoms with Gasteiger partial charge in [0.05, 0.1) is 0 Å². The van der Waals surface area contributed by atoms with Crippen molar-refractivity contribution in [1.29, 1.82) is 0 Å². The Balaban J connectivity index is 2.02. The minimum Gasteiger partial charge on any atom is -0.341 e. The van der Waals surface area contributed by atoms with Crippen molar-refractivity contribution in [2.24, 2.45) is 5.41 Å². The van der Waals surface area contributed by atoms with Gasteiger partial charge < -0.3 is 15.5 Å². The molecular formula is C21H25N3O3. The first kappa shape index (κ1) is 20.2. The molecule has 0 aliphatic carbocycles. The number of carbonyl (C=O) groups excluding carboxylic acids is 3. The zero-order valence-electron chi connectivity index (χ0n) is 16.1. The summed E-state index contributed by atoms with van der Waals surface area (Å²) >= 11 is 0. The zero-order valence-corrected chi connectivity index (χ0v) is 16.1. The summed E-state index contributed by atoms with van der Waals surface area (Å²) < 4.78 is 0. The van der Waals surface area contributed by atoms with Crippen molar-refractivity contribution < 1.29 is 14.4 Å². The number of hydrogen-bond donors (Lipinski definition) is 2. The first-order chi connectivity index (χ1) is 12.7. The fourth-order valence-corrected chi connectivity index (χ4v) is 2.63. The van der Waals surface area contributed by atoms with E-state index < -0.39 is 5.41 Å². The maximum absolute atomic E-state index is 12.8. The van der Waals surface area contributed by atoms with Gasteiger partial charge in [0.25, 0.3) is 0 Å². The van der Waals surface area contributed by atoms with Gasteiger partial charge in [-0.3, -0.25) is 14.4 Å². The molecule has 0 saturated carbocycles. The quantitative estimate of drug-likeness (QED) is 0.769. The number of hydrogen-bond acceptors (Lipinski definition) is 3. The van der Waals surface area contributed by atoms with Crippen LogP contribution in [0.1, 0.15) is 26.3 Å². The molecule has 0 aromatic heterocycles. The van der Waals surface area contributed by atoms with Gasteiger partial charge in [-0.2, -0.15) is 0 Å². The molecule has 0 radical (unpaired) electrons. The van der Waals surface area contributed by atoms with E-state index in [1.54, 1.807) is 50.1 Å². The molecule has 0 saturated heterocycles. The third-order valence-corrected chi connectivity index (χ3v) is 4.17.